The van der Waals surface area contributed by atoms with Crippen molar-refractivity contribution in [2.24, 2.45) is 0 Å². The van der Waals surface area contributed by atoms with E-state index in [0.717, 1.165) is 17.7 Å². The molecule has 0 amide bonds. The minimum absolute atomic E-state index is 0.204. The van der Waals surface area contributed by atoms with Crippen LogP contribution in [0, 0.1) is 6.92 Å². The molecule has 0 atom stereocenters. The summed E-state index contributed by atoms with van der Waals surface area (Å²) in [6.07, 6.45) is 0.769. The molecule has 0 radical (unpaired) electrons. The van der Waals surface area contributed by atoms with E-state index in [0.29, 0.717) is 17.0 Å². The second-order valence-electron chi connectivity index (χ2n) is 4.91. The fraction of sp³-hybridized carbons (Fsp3) is 0.571. The molecule has 0 unspecified atom stereocenters. The third-order valence-electron chi connectivity index (χ3n) is 2.98. The molecule has 0 aliphatic carbocycles. The van der Waals surface area contributed by atoms with Gasteiger partial charge < -0.3 is 4.74 Å². The van der Waals surface area contributed by atoms with Crippen LogP contribution in [0.1, 0.15) is 44.2 Å². The summed E-state index contributed by atoms with van der Waals surface area (Å²) in [6.45, 7) is 8.20. The quantitative estimate of drug-likeness (QED) is 0.874. The molecule has 1 aromatic rings. The second-order valence-corrected chi connectivity index (χ2v) is 6.65. The molecule has 0 fully saturated rings. The van der Waals surface area contributed by atoms with Gasteiger partial charge in [0.15, 0.2) is 0 Å². The second kappa shape index (κ2) is 6.39. The van der Waals surface area contributed by atoms with Gasteiger partial charge in [-0.2, -0.15) is 0 Å². The van der Waals surface area contributed by atoms with Crippen LogP contribution in [0.4, 0.5) is 0 Å². The highest BCUT2D eigenvalue weighted by atomic mass is 32.2. The zero-order valence-electron chi connectivity index (χ0n) is 12.3. The smallest absolute Gasteiger partial charge is 0.240 e. The highest BCUT2D eigenvalue weighted by Gasteiger charge is 2.20. The van der Waals surface area contributed by atoms with Gasteiger partial charge in [0.05, 0.1) is 12.0 Å². The lowest BCUT2D eigenvalue weighted by Gasteiger charge is -2.16. The van der Waals surface area contributed by atoms with Gasteiger partial charge in [-0.3, -0.25) is 0 Å². The number of ether oxygens (including phenoxy) is 1. The number of benzene rings is 1. The van der Waals surface area contributed by atoms with Crippen molar-refractivity contribution < 1.29 is 13.2 Å². The molecule has 1 rings (SSSR count). The molecule has 1 N–H and O–H groups in total. The number of nitrogens with one attached hydrogen (secondary N) is 1. The van der Waals surface area contributed by atoms with Gasteiger partial charge in [-0.15, -0.1) is 0 Å². The summed E-state index contributed by atoms with van der Waals surface area (Å²) in [5.41, 5.74) is 1.61. The maximum Gasteiger partial charge on any atom is 0.240 e. The van der Waals surface area contributed by atoms with Crippen molar-refractivity contribution in [1.29, 1.82) is 0 Å². The Kier molecular flexibility index (Phi) is 5.38. The van der Waals surface area contributed by atoms with Crippen LogP contribution in [0.2, 0.25) is 0 Å². The molecule has 4 nitrogen and oxygen atoms in total. The average Bonchev–Trinajstić information content (AvgIpc) is 2.35. The number of rotatable bonds is 6. The van der Waals surface area contributed by atoms with E-state index in [4.69, 9.17) is 4.74 Å². The molecule has 1 aromatic carbocycles. The van der Waals surface area contributed by atoms with Crippen LogP contribution in [0.5, 0.6) is 5.75 Å². The number of methoxy groups -OCH3 is 1. The molecule has 0 aliphatic heterocycles. The molecule has 108 valence electrons. The lowest BCUT2D eigenvalue weighted by atomic mass is 10.0. The number of sulfonamides is 1. The summed E-state index contributed by atoms with van der Waals surface area (Å²) in [5.74, 6) is 0.942. The zero-order valence-corrected chi connectivity index (χ0v) is 13.1. The predicted molar refractivity (Wildman–Crippen MR) is 77.3 cm³/mol. The normalized spacial score (nSPS) is 11.9. The van der Waals surface area contributed by atoms with Crippen LogP contribution < -0.4 is 9.46 Å². The van der Waals surface area contributed by atoms with Crippen LogP contribution in [-0.4, -0.2) is 22.1 Å². The lowest BCUT2D eigenvalue weighted by Crippen LogP contribution is -2.25. The van der Waals surface area contributed by atoms with Crippen molar-refractivity contribution in [2.45, 2.75) is 44.9 Å². The third-order valence-corrected chi connectivity index (χ3v) is 4.58. The molecule has 5 heteroatoms. The lowest BCUT2D eigenvalue weighted by molar-refractivity contribution is 0.406. The maximum absolute atomic E-state index is 12.2. The Balaban J connectivity index is 3.33. The third kappa shape index (κ3) is 3.70. The zero-order chi connectivity index (χ0) is 14.6. The van der Waals surface area contributed by atoms with Crippen LogP contribution >= 0.6 is 0 Å². The molecule has 19 heavy (non-hydrogen) atoms. The van der Waals surface area contributed by atoms with Crippen molar-refractivity contribution in [2.75, 3.05) is 13.7 Å². The van der Waals surface area contributed by atoms with Gasteiger partial charge in [0.2, 0.25) is 10.0 Å². The molecule has 0 aromatic heterocycles. The van der Waals surface area contributed by atoms with Gasteiger partial charge in [-0.25, -0.2) is 13.1 Å². The van der Waals surface area contributed by atoms with E-state index in [9.17, 15) is 8.42 Å². The van der Waals surface area contributed by atoms with E-state index in [1.54, 1.807) is 26.2 Å². The van der Waals surface area contributed by atoms with E-state index >= 15 is 0 Å². The summed E-state index contributed by atoms with van der Waals surface area (Å²) >= 11 is 0. The fourth-order valence-electron chi connectivity index (χ4n) is 1.91. The van der Waals surface area contributed by atoms with Gasteiger partial charge in [0, 0.05) is 6.54 Å². The van der Waals surface area contributed by atoms with Crippen molar-refractivity contribution in [1.82, 2.24) is 4.72 Å². The molecular weight excluding hydrogens is 262 g/mol. The first kappa shape index (κ1) is 16.0. The Morgan fingerprint density at radius 2 is 1.95 bits per heavy atom. The minimum atomic E-state index is -3.44. The first-order valence-electron chi connectivity index (χ1n) is 6.51. The average molecular weight is 285 g/mol. The highest BCUT2D eigenvalue weighted by molar-refractivity contribution is 7.89. The Morgan fingerprint density at radius 3 is 2.42 bits per heavy atom. The SMILES string of the molecule is CCCNS(=O)(=O)c1cc(C(C)C)c(OC)cc1C. The largest absolute Gasteiger partial charge is 0.496 e. The van der Waals surface area contributed by atoms with Gasteiger partial charge >= 0.3 is 0 Å². The van der Waals surface area contributed by atoms with Gasteiger partial charge in [-0.05, 0) is 42.5 Å². The Labute approximate surface area is 116 Å². The van der Waals surface area contributed by atoms with Crippen LogP contribution in [0.15, 0.2) is 17.0 Å². The Bertz CT molecular complexity index is 536. The molecule has 0 aliphatic rings. The van der Waals surface area contributed by atoms with Gasteiger partial charge in [0.1, 0.15) is 5.75 Å². The molecule has 0 saturated heterocycles. The van der Waals surface area contributed by atoms with Crippen LogP contribution in [0.25, 0.3) is 0 Å². The summed E-state index contributed by atoms with van der Waals surface area (Å²) in [4.78, 5) is 0.338. The fourth-order valence-corrected chi connectivity index (χ4v) is 3.30. The van der Waals surface area contributed by atoms with Crippen LogP contribution in [-0.2, 0) is 10.0 Å². The van der Waals surface area contributed by atoms with Crippen molar-refractivity contribution in [3.8, 4) is 5.75 Å². The molecule has 0 spiro atoms. The van der Waals surface area contributed by atoms with E-state index in [1.807, 2.05) is 20.8 Å². The summed E-state index contributed by atoms with van der Waals surface area (Å²) in [7, 11) is -1.84. The van der Waals surface area contributed by atoms with Crippen molar-refractivity contribution in [3.63, 3.8) is 0 Å². The van der Waals surface area contributed by atoms with Gasteiger partial charge in [-0.1, -0.05) is 20.8 Å². The number of hydrogen-bond donors (Lipinski definition) is 1. The summed E-state index contributed by atoms with van der Waals surface area (Å²) in [6, 6.07) is 3.51. The van der Waals surface area contributed by atoms with E-state index < -0.39 is 10.0 Å². The number of aryl methyl sites for hydroxylation is 1. The van der Waals surface area contributed by atoms with Crippen molar-refractivity contribution >= 4 is 10.0 Å². The highest BCUT2D eigenvalue weighted by Crippen LogP contribution is 2.31. The Hall–Kier alpha value is -1.07. The topological polar surface area (TPSA) is 55.4 Å². The van der Waals surface area contributed by atoms with E-state index in [-0.39, 0.29) is 5.92 Å². The summed E-state index contributed by atoms with van der Waals surface area (Å²) < 4.78 is 32.4. The monoisotopic (exact) mass is 285 g/mol. The van der Waals surface area contributed by atoms with E-state index in [1.165, 1.54) is 0 Å². The number of hydrogen-bond acceptors (Lipinski definition) is 3. The summed E-state index contributed by atoms with van der Waals surface area (Å²) in [5, 5.41) is 0. The minimum Gasteiger partial charge on any atom is -0.496 e. The molecule has 0 bridgehead atoms. The molecule has 0 saturated carbocycles. The standard InChI is InChI=1S/C14H23NO3S/c1-6-7-15-19(16,17)14-9-12(10(2)3)13(18-5)8-11(14)4/h8-10,15H,6-7H2,1-5H3. The van der Waals surface area contributed by atoms with Crippen LogP contribution in [0.3, 0.4) is 0 Å². The predicted octanol–water partition coefficient (Wildman–Crippen LogP) is 2.82. The maximum atomic E-state index is 12.2. The molecule has 0 heterocycles. The van der Waals surface area contributed by atoms with E-state index in [2.05, 4.69) is 4.72 Å². The Morgan fingerprint density at radius 1 is 1.32 bits per heavy atom. The molecular formula is C14H23NO3S. The first-order valence-corrected chi connectivity index (χ1v) is 8.00. The van der Waals surface area contributed by atoms with Gasteiger partial charge in [0.25, 0.3) is 0 Å². The first-order chi connectivity index (χ1) is 8.83. The van der Waals surface area contributed by atoms with Crippen molar-refractivity contribution in [3.05, 3.63) is 23.3 Å².